The molecular weight excluding hydrogens is 311 g/mol. The number of pyridine rings is 1. The summed E-state index contributed by atoms with van der Waals surface area (Å²) in [6.07, 6.45) is 3.89. The summed E-state index contributed by atoms with van der Waals surface area (Å²) in [5.74, 6) is 0.226. The molecule has 0 N–H and O–H groups in total. The molecule has 1 unspecified atom stereocenters. The van der Waals surface area contributed by atoms with Crippen molar-refractivity contribution in [2.75, 3.05) is 26.8 Å². The summed E-state index contributed by atoms with van der Waals surface area (Å²) < 4.78 is 24.3. The van der Waals surface area contributed by atoms with Crippen molar-refractivity contribution in [2.24, 2.45) is 0 Å². The van der Waals surface area contributed by atoms with Gasteiger partial charge in [-0.2, -0.15) is 0 Å². The molecular formula is C18H19FN2O3. The lowest BCUT2D eigenvalue weighted by molar-refractivity contribution is -0.0342. The van der Waals surface area contributed by atoms with Gasteiger partial charge in [-0.25, -0.2) is 4.39 Å². The van der Waals surface area contributed by atoms with Crippen LogP contribution in [0.15, 0.2) is 48.8 Å². The highest BCUT2D eigenvalue weighted by Gasteiger charge is 2.41. The van der Waals surface area contributed by atoms with Crippen molar-refractivity contribution in [2.45, 2.75) is 12.0 Å². The number of hydrogen-bond acceptors (Lipinski definition) is 4. The SMILES string of the molecule is COC1(COc2ccc(F)cc2)CCN(C(=O)c2ccncc2)C1. The summed E-state index contributed by atoms with van der Waals surface area (Å²) in [6.45, 7) is 1.35. The van der Waals surface area contributed by atoms with Crippen molar-refractivity contribution >= 4 is 5.91 Å². The summed E-state index contributed by atoms with van der Waals surface area (Å²) in [5, 5.41) is 0. The van der Waals surface area contributed by atoms with Crippen LogP contribution in [0.3, 0.4) is 0 Å². The number of amides is 1. The molecule has 1 aliphatic rings. The van der Waals surface area contributed by atoms with Crippen LogP contribution in [0.1, 0.15) is 16.8 Å². The molecule has 2 aromatic rings. The molecule has 0 radical (unpaired) electrons. The highest BCUT2D eigenvalue weighted by Crippen LogP contribution is 2.27. The lowest BCUT2D eigenvalue weighted by Gasteiger charge is -2.28. The average molecular weight is 330 g/mol. The fourth-order valence-corrected chi connectivity index (χ4v) is 2.78. The Morgan fingerprint density at radius 1 is 1.25 bits per heavy atom. The predicted molar refractivity (Wildman–Crippen MR) is 86.4 cm³/mol. The molecule has 0 bridgehead atoms. The van der Waals surface area contributed by atoms with Crippen molar-refractivity contribution in [1.82, 2.24) is 9.88 Å². The number of methoxy groups -OCH3 is 1. The number of likely N-dealkylation sites (tertiary alicyclic amines) is 1. The van der Waals surface area contributed by atoms with Gasteiger partial charge in [0.2, 0.25) is 0 Å². The molecule has 1 fully saturated rings. The number of carbonyl (C=O) groups excluding carboxylic acids is 1. The number of nitrogens with zero attached hydrogens (tertiary/aromatic N) is 2. The number of halogens is 1. The third kappa shape index (κ3) is 3.54. The first kappa shape index (κ1) is 16.4. The van der Waals surface area contributed by atoms with Crippen LogP contribution in [0, 0.1) is 5.82 Å². The van der Waals surface area contributed by atoms with Gasteiger partial charge in [0, 0.05) is 31.6 Å². The van der Waals surface area contributed by atoms with Crippen LogP contribution in [-0.4, -0.2) is 48.2 Å². The maximum atomic E-state index is 12.9. The topological polar surface area (TPSA) is 51.7 Å². The van der Waals surface area contributed by atoms with Crippen molar-refractivity contribution in [3.05, 3.63) is 60.2 Å². The highest BCUT2D eigenvalue weighted by atomic mass is 19.1. The van der Waals surface area contributed by atoms with Crippen LogP contribution in [0.25, 0.3) is 0 Å². The highest BCUT2D eigenvalue weighted by molar-refractivity contribution is 5.94. The van der Waals surface area contributed by atoms with Gasteiger partial charge in [-0.15, -0.1) is 0 Å². The average Bonchev–Trinajstić information content (AvgIpc) is 3.06. The fraction of sp³-hybridized carbons (Fsp3) is 0.333. The Bertz CT molecular complexity index is 693. The summed E-state index contributed by atoms with van der Waals surface area (Å²) in [5.41, 5.74) is 0.0493. The second-order valence-electron chi connectivity index (χ2n) is 5.84. The Hall–Kier alpha value is -2.47. The van der Waals surface area contributed by atoms with E-state index in [1.807, 2.05) is 0 Å². The summed E-state index contributed by atoms with van der Waals surface area (Å²) >= 11 is 0. The molecule has 5 nitrogen and oxygen atoms in total. The molecule has 6 heteroatoms. The molecule has 0 saturated carbocycles. The van der Waals surface area contributed by atoms with Gasteiger partial charge < -0.3 is 14.4 Å². The number of carbonyl (C=O) groups is 1. The molecule has 1 atom stereocenters. The van der Waals surface area contributed by atoms with Gasteiger partial charge in [-0.3, -0.25) is 9.78 Å². The molecule has 1 saturated heterocycles. The largest absolute Gasteiger partial charge is 0.491 e. The molecule has 2 heterocycles. The van der Waals surface area contributed by atoms with Crippen molar-refractivity contribution in [1.29, 1.82) is 0 Å². The first-order chi connectivity index (χ1) is 11.6. The van der Waals surface area contributed by atoms with Crippen LogP contribution in [0.5, 0.6) is 5.75 Å². The number of hydrogen-bond donors (Lipinski definition) is 0. The molecule has 126 valence electrons. The monoisotopic (exact) mass is 330 g/mol. The second kappa shape index (κ2) is 6.97. The van der Waals surface area contributed by atoms with E-state index in [-0.39, 0.29) is 11.7 Å². The maximum absolute atomic E-state index is 12.9. The fourth-order valence-electron chi connectivity index (χ4n) is 2.78. The minimum absolute atomic E-state index is 0.0434. The van der Waals surface area contributed by atoms with Gasteiger partial charge >= 0.3 is 0 Å². The normalized spacial score (nSPS) is 20.2. The Morgan fingerprint density at radius 2 is 1.96 bits per heavy atom. The first-order valence-electron chi connectivity index (χ1n) is 7.75. The third-order valence-corrected chi connectivity index (χ3v) is 4.28. The number of benzene rings is 1. The lowest BCUT2D eigenvalue weighted by atomic mass is 10.0. The summed E-state index contributed by atoms with van der Waals surface area (Å²) in [6, 6.07) is 9.25. The van der Waals surface area contributed by atoms with Gasteiger partial charge in [0.05, 0.1) is 6.54 Å². The third-order valence-electron chi connectivity index (χ3n) is 4.28. The minimum Gasteiger partial charge on any atom is -0.491 e. The standard InChI is InChI=1S/C18H19FN2O3/c1-23-18(13-24-16-4-2-15(19)3-5-16)8-11-21(12-18)17(22)14-6-9-20-10-7-14/h2-7,9-10H,8,11-13H2,1H3. The molecule has 1 amide bonds. The Labute approximate surface area is 140 Å². The Balaban J connectivity index is 1.64. The van der Waals surface area contributed by atoms with Crippen molar-refractivity contribution in [3.8, 4) is 5.75 Å². The zero-order chi connectivity index (χ0) is 17.0. The Morgan fingerprint density at radius 3 is 2.62 bits per heavy atom. The van der Waals surface area contributed by atoms with E-state index in [0.29, 0.717) is 37.4 Å². The summed E-state index contributed by atoms with van der Waals surface area (Å²) in [7, 11) is 1.62. The molecule has 1 aromatic carbocycles. The van der Waals surface area contributed by atoms with Crippen LogP contribution in [-0.2, 0) is 4.74 Å². The molecule has 24 heavy (non-hydrogen) atoms. The van der Waals surface area contributed by atoms with Crippen molar-refractivity contribution < 1.29 is 18.7 Å². The number of aromatic nitrogens is 1. The van der Waals surface area contributed by atoms with E-state index < -0.39 is 5.60 Å². The summed E-state index contributed by atoms with van der Waals surface area (Å²) in [4.78, 5) is 18.2. The van der Waals surface area contributed by atoms with E-state index in [1.54, 1.807) is 48.7 Å². The molecule has 0 spiro atoms. The zero-order valence-corrected chi connectivity index (χ0v) is 13.4. The number of rotatable bonds is 5. The van der Waals surface area contributed by atoms with E-state index in [2.05, 4.69) is 4.98 Å². The van der Waals surface area contributed by atoms with Crippen molar-refractivity contribution in [3.63, 3.8) is 0 Å². The van der Waals surface area contributed by atoms with Crippen LogP contribution in [0.4, 0.5) is 4.39 Å². The van der Waals surface area contributed by atoms with Gasteiger partial charge in [0.15, 0.2) is 0 Å². The van der Waals surface area contributed by atoms with Gasteiger partial charge in [-0.05, 0) is 42.8 Å². The van der Waals surface area contributed by atoms with Gasteiger partial charge in [-0.1, -0.05) is 0 Å². The van der Waals surface area contributed by atoms with E-state index in [9.17, 15) is 9.18 Å². The minimum atomic E-state index is -0.558. The Kier molecular flexibility index (Phi) is 4.76. The van der Waals surface area contributed by atoms with Gasteiger partial charge in [0.1, 0.15) is 23.8 Å². The quantitative estimate of drug-likeness (QED) is 0.845. The van der Waals surface area contributed by atoms with Crippen LogP contribution >= 0.6 is 0 Å². The van der Waals surface area contributed by atoms with E-state index in [4.69, 9.17) is 9.47 Å². The molecule has 1 aliphatic heterocycles. The lowest BCUT2D eigenvalue weighted by Crippen LogP contribution is -2.42. The van der Waals surface area contributed by atoms with Gasteiger partial charge in [0.25, 0.3) is 5.91 Å². The van der Waals surface area contributed by atoms with Crippen LogP contribution < -0.4 is 4.74 Å². The first-order valence-corrected chi connectivity index (χ1v) is 7.75. The van der Waals surface area contributed by atoms with Crippen LogP contribution in [0.2, 0.25) is 0 Å². The number of ether oxygens (including phenoxy) is 2. The maximum Gasteiger partial charge on any atom is 0.254 e. The smallest absolute Gasteiger partial charge is 0.254 e. The second-order valence-corrected chi connectivity index (χ2v) is 5.84. The van der Waals surface area contributed by atoms with E-state index >= 15 is 0 Å². The molecule has 0 aliphatic carbocycles. The van der Waals surface area contributed by atoms with E-state index in [1.165, 1.54) is 12.1 Å². The zero-order valence-electron chi connectivity index (χ0n) is 13.4. The van der Waals surface area contributed by atoms with E-state index in [0.717, 1.165) is 0 Å². The molecule has 3 rings (SSSR count). The molecule has 1 aromatic heterocycles. The predicted octanol–water partition coefficient (Wildman–Crippen LogP) is 2.53.